The average Bonchev–Trinajstić information content (AvgIpc) is 3.00. The minimum absolute atomic E-state index is 0.0327. The van der Waals surface area contributed by atoms with Gasteiger partial charge in [0.2, 0.25) is 5.75 Å². The molecule has 216 valence electrons. The molecule has 1 amide bonds. The number of rotatable bonds is 8. The zero-order valence-corrected chi connectivity index (χ0v) is 23.5. The topological polar surface area (TPSA) is 104 Å². The Morgan fingerprint density at radius 2 is 1.73 bits per heavy atom. The van der Waals surface area contributed by atoms with Gasteiger partial charge in [0.25, 0.3) is 5.91 Å². The quantitative estimate of drug-likeness (QED) is 0.382. The van der Waals surface area contributed by atoms with E-state index in [0.29, 0.717) is 19.3 Å². The minimum atomic E-state index is -0.926. The Bertz CT molecular complexity index is 1350. The predicted molar refractivity (Wildman–Crippen MR) is 150 cm³/mol. The van der Waals surface area contributed by atoms with E-state index in [4.69, 9.17) is 14.2 Å². The van der Waals surface area contributed by atoms with Crippen LogP contribution in [0.25, 0.3) is 0 Å². The molecular weight excluding hydrogens is 527 g/mol. The van der Waals surface area contributed by atoms with Gasteiger partial charge in [0.05, 0.1) is 7.11 Å². The Morgan fingerprint density at radius 1 is 1.02 bits per heavy atom. The second kappa shape index (κ2) is 13.9. The normalized spacial score (nSPS) is 21.0. The highest BCUT2D eigenvalue weighted by Gasteiger charge is 2.35. The number of ether oxygens (including phenoxy) is 3. The second-order valence-corrected chi connectivity index (χ2v) is 10.3. The fourth-order valence-electron chi connectivity index (χ4n) is 5.40. The zero-order valence-electron chi connectivity index (χ0n) is 23.5. The summed E-state index contributed by atoms with van der Waals surface area (Å²) in [4.78, 5) is 42.4. The van der Waals surface area contributed by atoms with Crippen molar-refractivity contribution >= 4 is 17.8 Å². The first kappa shape index (κ1) is 29.7. The number of halogens is 1. The number of carbonyl (C=O) groups excluding carboxylic acids is 3. The molecule has 41 heavy (non-hydrogen) atoms. The summed E-state index contributed by atoms with van der Waals surface area (Å²) in [6.07, 6.45) is 4.12. The highest BCUT2D eigenvalue weighted by Crippen LogP contribution is 2.33. The van der Waals surface area contributed by atoms with E-state index in [2.05, 4.69) is 22.4 Å². The van der Waals surface area contributed by atoms with Gasteiger partial charge in [-0.3, -0.25) is 9.59 Å². The maximum absolute atomic E-state index is 13.6. The molecule has 8 nitrogen and oxygen atoms in total. The molecule has 4 rings (SSSR count). The lowest BCUT2D eigenvalue weighted by molar-refractivity contribution is -0.153. The van der Waals surface area contributed by atoms with Crippen molar-refractivity contribution in [2.75, 3.05) is 7.11 Å². The number of cyclic esters (lactones) is 1. The summed E-state index contributed by atoms with van der Waals surface area (Å²) in [6.45, 7) is 3.08. The maximum atomic E-state index is 13.6. The molecule has 1 saturated heterocycles. The molecule has 1 N–H and O–H groups in total. The fourth-order valence-corrected chi connectivity index (χ4v) is 5.40. The van der Waals surface area contributed by atoms with Crippen molar-refractivity contribution < 1.29 is 33.0 Å². The summed E-state index contributed by atoms with van der Waals surface area (Å²) >= 11 is 0. The zero-order chi connectivity index (χ0) is 29.4. The molecule has 0 unspecified atom stereocenters. The number of hydrogen-bond acceptors (Lipinski definition) is 7. The summed E-state index contributed by atoms with van der Waals surface area (Å²) in [6, 6.07) is 17.1. The molecule has 0 bridgehead atoms. The van der Waals surface area contributed by atoms with Gasteiger partial charge in [0, 0.05) is 25.1 Å². The molecule has 0 saturated carbocycles. The van der Waals surface area contributed by atoms with Crippen molar-refractivity contribution in [1.82, 2.24) is 10.3 Å². The Hall–Kier alpha value is -4.27. The van der Waals surface area contributed by atoms with E-state index in [1.54, 1.807) is 12.1 Å². The number of benzene rings is 2. The largest absolute Gasteiger partial charge is 0.493 e. The summed E-state index contributed by atoms with van der Waals surface area (Å²) in [7, 11) is 1.38. The van der Waals surface area contributed by atoms with Gasteiger partial charge >= 0.3 is 11.9 Å². The number of methoxy groups -OCH3 is 1. The van der Waals surface area contributed by atoms with E-state index in [9.17, 15) is 18.8 Å². The summed E-state index contributed by atoms with van der Waals surface area (Å²) in [5.41, 5.74) is 1.98. The van der Waals surface area contributed by atoms with Crippen LogP contribution in [-0.4, -0.2) is 42.1 Å². The van der Waals surface area contributed by atoms with Crippen LogP contribution < -0.4 is 14.8 Å². The highest BCUT2D eigenvalue weighted by molar-refractivity contribution is 5.98. The average molecular weight is 563 g/mol. The van der Waals surface area contributed by atoms with Crippen LogP contribution in [0.2, 0.25) is 0 Å². The van der Waals surface area contributed by atoms with Gasteiger partial charge in [0.15, 0.2) is 11.4 Å². The second-order valence-electron chi connectivity index (χ2n) is 10.3. The molecule has 1 fully saturated rings. The first-order valence-electron chi connectivity index (χ1n) is 13.8. The number of hydrogen-bond donors (Lipinski definition) is 1. The minimum Gasteiger partial charge on any atom is -0.493 e. The molecule has 0 radical (unpaired) electrons. The van der Waals surface area contributed by atoms with E-state index in [0.717, 1.165) is 18.4 Å². The Morgan fingerprint density at radius 3 is 2.41 bits per heavy atom. The molecule has 1 aliphatic rings. The summed E-state index contributed by atoms with van der Waals surface area (Å²) < 4.78 is 30.0. The molecule has 3 aromatic rings. The molecule has 0 spiro atoms. The lowest BCUT2D eigenvalue weighted by Gasteiger charge is -2.31. The number of nitrogens with zero attached hydrogens (tertiary/aromatic N) is 1. The Labute approximate surface area is 239 Å². The fraction of sp³-hybridized carbons (Fsp3) is 0.375. The van der Waals surface area contributed by atoms with Gasteiger partial charge in [0.1, 0.15) is 18.0 Å². The first-order valence-corrected chi connectivity index (χ1v) is 13.8. The number of esters is 2. The first-order chi connectivity index (χ1) is 19.7. The van der Waals surface area contributed by atoms with E-state index in [1.165, 1.54) is 44.0 Å². The maximum Gasteiger partial charge on any atom is 0.328 e. The monoisotopic (exact) mass is 562 g/mol. The lowest BCUT2D eigenvalue weighted by Crippen LogP contribution is -2.43. The molecule has 2 heterocycles. The number of pyridine rings is 1. The molecule has 2 aromatic carbocycles. The summed E-state index contributed by atoms with van der Waals surface area (Å²) in [5, 5.41) is 2.74. The van der Waals surface area contributed by atoms with E-state index in [-0.39, 0.29) is 34.8 Å². The van der Waals surface area contributed by atoms with Crippen molar-refractivity contribution in [2.24, 2.45) is 11.8 Å². The van der Waals surface area contributed by atoms with Gasteiger partial charge in [-0.15, -0.1) is 0 Å². The van der Waals surface area contributed by atoms with Crippen LogP contribution >= 0.6 is 0 Å². The van der Waals surface area contributed by atoms with Gasteiger partial charge in [-0.1, -0.05) is 48.9 Å². The summed E-state index contributed by atoms with van der Waals surface area (Å²) in [5.74, 6) is -1.98. The van der Waals surface area contributed by atoms with E-state index in [1.807, 2.05) is 25.1 Å². The molecule has 0 aliphatic carbocycles. The van der Waals surface area contributed by atoms with Gasteiger partial charge in [-0.2, -0.15) is 0 Å². The number of carbonyl (C=O) groups is 3. The van der Waals surface area contributed by atoms with E-state index < -0.39 is 30.0 Å². The van der Waals surface area contributed by atoms with Crippen molar-refractivity contribution in [1.29, 1.82) is 0 Å². The van der Waals surface area contributed by atoms with Crippen LogP contribution in [0.4, 0.5) is 4.39 Å². The van der Waals surface area contributed by atoms with Crippen LogP contribution in [0.5, 0.6) is 11.5 Å². The Kier molecular flexibility index (Phi) is 10.1. The van der Waals surface area contributed by atoms with Gasteiger partial charge < -0.3 is 19.5 Å². The smallest absolute Gasteiger partial charge is 0.328 e. The van der Waals surface area contributed by atoms with Crippen LogP contribution in [0.3, 0.4) is 0 Å². The van der Waals surface area contributed by atoms with Crippen molar-refractivity contribution in [3.8, 4) is 11.5 Å². The SMILES string of the molecule is COc1ccnc(C(=O)N[C@H]2CCC[C@H](Cc3ccccc3)[C@@H](Cc3ccc(F)cc3)[C@H](C)OC2=O)c1OC(C)=O. The highest BCUT2D eigenvalue weighted by atomic mass is 19.1. The third-order valence-electron chi connectivity index (χ3n) is 7.44. The van der Waals surface area contributed by atoms with Gasteiger partial charge in [-0.05, 0) is 61.8 Å². The third kappa shape index (κ3) is 7.90. The van der Waals surface area contributed by atoms with Crippen molar-refractivity contribution in [2.45, 2.75) is 58.1 Å². The molecule has 1 aliphatic heterocycles. The molecule has 1 aromatic heterocycles. The molecule has 4 atom stereocenters. The molecule has 9 heteroatoms. The lowest BCUT2D eigenvalue weighted by atomic mass is 9.77. The number of nitrogens with one attached hydrogen (secondary N) is 1. The Balaban J connectivity index is 1.57. The van der Waals surface area contributed by atoms with Crippen molar-refractivity contribution in [3.63, 3.8) is 0 Å². The van der Waals surface area contributed by atoms with Crippen LogP contribution in [0.15, 0.2) is 66.9 Å². The van der Waals surface area contributed by atoms with Crippen LogP contribution in [-0.2, 0) is 27.2 Å². The van der Waals surface area contributed by atoms with Crippen LogP contribution in [0, 0.1) is 17.7 Å². The third-order valence-corrected chi connectivity index (χ3v) is 7.44. The van der Waals surface area contributed by atoms with Crippen LogP contribution in [0.1, 0.15) is 54.7 Å². The van der Waals surface area contributed by atoms with Gasteiger partial charge in [-0.25, -0.2) is 14.2 Å². The molecular formula is C32H35FN2O6. The predicted octanol–water partition coefficient (Wildman–Crippen LogP) is 5.09. The number of amides is 1. The standard InChI is InChI=1S/C32H35FN2O6/c1-20-26(19-23-12-14-25(33)15-13-23)24(18-22-8-5-4-6-9-22)10-7-11-27(32(38)40-20)35-31(37)29-30(41-21(2)36)28(39-3)16-17-34-29/h4-6,8-9,12-17,20,24,26-27H,7,10-11,18-19H2,1-3H3,(H,35,37)/t20-,24+,26-,27-/m0/s1. The number of aromatic nitrogens is 1. The van der Waals surface area contributed by atoms with E-state index >= 15 is 0 Å². The van der Waals surface area contributed by atoms with Crippen molar-refractivity contribution in [3.05, 3.63) is 89.5 Å².